The molecule has 0 saturated carbocycles. The molecule has 0 saturated heterocycles. The number of amidine groups is 1. The van der Waals surface area contributed by atoms with Crippen LogP contribution in [0.4, 0.5) is 19.0 Å². The molecule has 2 aliphatic heterocycles. The van der Waals surface area contributed by atoms with Gasteiger partial charge in [0, 0.05) is 18.3 Å². The summed E-state index contributed by atoms with van der Waals surface area (Å²) in [6, 6.07) is 2.19. The van der Waals surface area contributed by atoms with Crippen LogP contribution in [0.1, 0.15) is 24.1 Å². The van der Waals surface area contributed by atoms with Crippen LogP contribution in [0.5, 0.6) is 5.88 Å². The lowest BCUT2D eigenvalue weighted by Gasteiger charge is -2.14. The standard InChI is InChI=1S/C20H15ClF3N5OS/c1-30-19-13(20(22,23)24)5-6-15(29-19)27-12-7-8-25-18-11(9-12)3-2-4-14(28-18)16-17(21)31-10-26-16/h3-8,10H,2,9H2,1H3,(H,27,29). The Morgan fingerprint density at radius 2 is 2.06 bits per heavy atom. The topological polar surface area (TPSA) is 71.8 Å². The van der Waals surface area contributed by atoms with Crippen LogP contribution in [0.15, 0.2) is 57.1 Å². The van der Waals surface area contributed by atoms with E-state index < -0.39 is 17.6 Å². The fourth-order valence-corrected chi connectivity index (χ4v) is 3.83. The van der Waals surface area contributed by atoms with Gasteiger partial charge in [-0.1, -0.05) is 23.8 Å². The molecule has 0 spiro atoms. The highest BCUT2D eigenvalue weighted by Crippen LogP contribution is 2.36. The lowest BCUT2D eigenvalue weighted by molar-refractivity contribution is -0.139. The van der Waals surface area contributed by atoms with Crippen molar-refractivity contribution in [3.8, 4) is 5.88 Å². The fraction of sp³-hybridized carbons (Fsp3) is 0.200. The van der Waals surface area contributed by atoms with E-state index in [-0.39, 0.29) is 5.82 Å². The quantitative estimate of drug-likeness (QED) is 0.623. The van der Waals surface area contributed by atoms with Crippen molar-refractivity contribution in [3.05, 3.63) is 62.7 Å². The zero-order valence-electron chi connectivity index (χ0n) is 16.1. The molecule has 0 fully saturated rings. The number of aliphatic imine (C=N–C) groups is 2. The summed E-state index contributed by atoms with van der Waals surface area (Å²) < 4.78 is 44.5. The fourth-order valence-electron chi connectivity index (χ4n) is 3.04. The van der Waals surface area contributed by atoms with Gasteiger partial charge >= 0.3 is 6.18 Å². The van der Waals surface area contributed by atoms with Crippen LogP contribution >= 0.6 is 22.9 Å². The third-order valence-electron chi connectivity index (χ3n) is 4.46. The predicted octanol–water partition coefficient (Wildman–Crippen LogP) is 5.76. The Labute approximate surface area is 184 Å². The first-order valence-electron chi connectivity index (χ1n) is 9.05. The van der Waals surface area contributed by atoms with E-state index in [2.05, 4.69) is 25.3 Å². The maximum Gasteiger partial charge on any atom is 0.421 e. The minimum atomic E-state index is -4.55. The summed E-state index contributed by atoms with van der Waals surface area (Å²) in [7, 11) is 1.15. The monoisotopic (exact) mass is 465 g/mol. The van der Waals surface area contributed by atoms with Gasteiger partial charge in [0.1, 0.15) is 21.4 Å². The lowest BCUT2D eigenvalue weighted by Crippen LogP contribution is -2.11. The molecule has 11 heteroatoms. The molecule has 2 aliphatic rings. The Morgan fingerprint density at radius 3 is 2.77 bits per heavy atom. The number of methoxy groups -OCH3 is 1. The van der Waals surface area contributed by atoms with E-state index in [1.165, 1.54) is 17.4 Å². The molecule has 0 bridgehead atoms. The summed E-state index contributed by atoms with van der Waals surface area (Å²) in [6.45, 7) is 0. The van der Waals surface area contributed by atoms with Crippen molar-refractivity contribution in [2.75, 3.05) is 12.4 Å². The van der Waals surface area contributed by atoms with Crippen LogP contribution in [0.2, 0.25) is 4.34 Å². The first-order chi connectivity index (χ1) is 14.8. The number of hydrogen-bond donors (Lipinski definition) is 1. The van der Waals surface area contributed by atoms with Gasteiger partial charge in [-0.3, -0.25) is 0 Å². The molecule has 4 rings (SSSR count). The molecule has 0 aliphatic carbocycles. The number of rotatable bonds is 4. The molecule has 0 aromatic carbocycles. The van der Waals surface area contributed by atoms with E-state index in [0.717, 1.165) is 18.7 Å². The van der Waals surface area contributed by atoms with Crippen LogP contribution in [-0.4, -0.2) is 29.1 Å². The summed E-state index contributed by atoms with van der Waals surface area (Å²) in [5, 5.41) is 3.04. The zero-order valence-corrected chi connectivity index (χ0v) is 17.6. The summed E-state index contributed by atoms with van der Waals surface area (Å²) in [6.07, 6.45) is 3.72. The molecule has 0 radical (unpaired) electrons. The van der Waals surface area contributed by atoms with Crippen molar-refractivity contribution >= 4 is 46.5 Å². The van der Waals surface area contributed by atoms with E-state index in [9.17, 15) is 13.2 Å². The number of allylic oxidation sites excluding steroid dienone is 4. The van der Waals surface area contributed by atoms with E-state index in [4.69, 9.17) is 16.3 Å². The van der Waals surface area contributed by atoms with E-state index in [0.29, 0.717) is 40.1 Å². The second-order valence-electron chi connectivity index (χ2n) is 6.49. The number of pyridine rings is 1. The number of fused-ring (bicyclic) bond motifs is 1. The molecule has 31 heavy (non-hydrogen) atoms. The van der Waals surface area contributed by atoms with Gasteiger partial charge in [0.05, 0.1) is 18.3 Å². The Kier molecular flexibility index (Phi) is 5.92. The van der Waals surface area contributed by atoms with Crippen molar-refractivity contribution in [2.24, 2.45) is 9.98 Å². The smallest absolute Gasteiger partial charge is 0.421 e. The normalized spacial score (nSPS) is 16.3. The number of hydrogen-bond acceptors (Lipinski definition) is 7. The lowest BCUT2D eigenvalue weighted by atomic mass is 10.1. The number of ether oxygens (including phenoxy) is 1. The Morgan fingerprint density at radius 1 is 1.23 bits per heavy atom. The van der Waals surface area contributed by atoms with Gasteiger partial charge in [-0.05, 0) is 30.2 Å². The molecule has 6 nitrogen and oxygen atoms in total. The van der Waals surface area contributed by atoms with E-state index in [1.54, 1.807) is 17.8 Å². The first kappa shape index (κ1) is 21.3. The van der Waals surface area contributed by atoms with E-state index in [1.807, 2.05) is 12.2 Å². The van der Waals surface area contributed by atoms with Crippen molar-refractivity contribution < 1.29 is 17.9 Å². The molecule has 0 amide bonds. The maximum atomic E-state index is 13.1. The van der Waals surface area contributed by atoms with Gasteiger partial charge in [-0.25, -0.2) is 15.0 Å². The average Bonchev–Trinajstić information content (AvgIpc) is 2.93. The average molecular weight is 466 g/mol. The molecular weight excluding hydrogens is 451 g/mol. The highest BCUT2D eigenvalue weighted by Gasteiger charge is 2.35. The Hall–Kier alpha value is -2.98. The summed E-state index contributed by atoms with van der Waals surface area (Å²) in [5.41, 5.74) is 3.55. The van der Waals surface area contributed by atoms with Crippen LogP contribution in [0.3, 0.4) is 0 Å². The molecule has 0 unspecified atom stereocenters. The number of nitrogens with zero attached hydrogens (tertiary/aromatic N) is 4. The highest BCUT2D eigenvalue weighted by molar-refractivity contribution is 7.14. The second kappa shape index (κ2) is 8.64. The second-order valence-corrected chi connectivity index (χ2v) is 7.94. The highest BCUT2D eigenvalue weighted by atomic mass is 35.5. The largest absolute Gasteiger partial charge is 0.481 e. The van der Waals surface area contributed by atoms with Crippen molar-refractivity contribution in [2.45, 2.75) is 19.0 Å². The summed E-state index contributed by atoms with van der Waals surface area (Å²) in [4.78, 5) is 17.2. The number of anilines is 1. The van der Waals surface area contributed by atoms with Gasteiger partial charge in [0.2, 0.25) is 5.88 Å². The SMILES string of the molecule is COc1nc(NC2=CC=NC3=NC(c4ncsc4Cl)=CCC=C3C2)ccc1C(F)(F)F. The third-order valence-corrected chi connectivity index (χ3v) is 5.51. The van der Waals surface area contributed by atoms with Gasteiger partial charge in [0.25, 0.3) is 0 Å². The van der Waals surface area contributed by atoms with Gasteiger partial charge in [0.15, 0.2) is 5.84 Å². The van der Waals surface area contributed by atoms with E-state index >= 15 is 0 Å². The summed E-state index contributed by atoms with van der Waals surface area (Å²) in [5.74, 6) is 0.260. The molecule has 1 N–H and O–H groups in total. The zero-order chi connectivity index (χ0) is 22.0. The number of nitrogens with one attached hydrogen (secondary N) is 1. The predicted molar refractivity (Wildman–Crippen MR) is 116 cm³/mol. The van der Waals surface area contributed by atoms with Gasteiger partial charge < -0.3 is 10.1 Å². The Balaban J connectivity index is 1.55. The number of thiazole rings is 1. The van der Waals surface area contributed by atoms with Gasteiger partial charge in [-0.15, -0.1) is 11.3 Å². The van der Waals surface area contributed by atoms with Crippen LogP contribution in [0.25, 0.3) is 5.70 Å². The number of aromatic nitrogens is 2. The number of alkyl halides is 3. The third kappa shape index (κ3) is 4.70. The minimum Gasteiger partial charge on any atom is -0.481 e. The van der Waals surface area contributed by atoms with Crippen molar-refractivity contribution in [1.29, 1.82) is 0 Å². The van der Waals surface area contributed by atoms with Gasteiger partial charge in [-0.2, -0.15) is 18.2 Å². The molecule has 160 valence electrons. The maximum absolute atomic E-state index is 13.1. The minimum absolute atomic E-state index is 0.229. The first-order valence-corrected chi connectivity index (χ1v) is 10.3. The van der Waals surface area contributed by atoms with Crippen LogP contribution in [0, 0.1) is 0 Å². The molecule has 0 atom stereocenters. The van der Waals surface area contributed by atoms with Crippen molar-refractivity contribution in [3.63, 3.8) is 0 Å². The molecular formula is C20H15ClF3N5OS. The summed E-state index contributed by atoms with van der Waals surface area (Å²) >= 11 is 7.52. The molecule has 4 heterocycles. The van der Waals surface area contributed by atoms with Crippen LogP contribution < -0.4 is 10.1 Å². The Bertz CT molecular complexity index is 1160. The number of halogens is 4. The molecule has 2 aromatic heterocycles. The van der Waals surface area contributed by atoms with Crippen molar-refractivity contribution in [1.82, 2.24) is 9.97 Å². The van der Waals surface area contributed by atoms with Crippen LogP contribution in [-0.2, 0) is 6.18 Å². The molecule has 2 aromatic rings.